The fourth-order valence-corrected chi connectivity index (χ4v) is 5.40. The predicted octanol–water partition coefficient (Wildman–Crippen LogP) is 3.81. The number of nitrogens with two attached hydrogens (primary N) is 1. The maximum absolute atomic E-state index is 14.9. The number of piperidine rings is 1. The summed E-state index contributed by atoms with van der Waals surface area (Å²) in [5.41, 5.74) is 6.15. The molecule has 1 aromatic heterocycles. The highest BCUT2D eigenvalue weighted by Gasteiger charge is 2.40. The van der Waals surface area contributed by atoms with Crippen molar-refractivity contribution in [3.8, 4) is 11.4 Å². The van der Waals surface area contributed by atoms with Crippen molar-refractivity contribution in [3.63, 3.8) is 0 Å². The van der Waals surface area contributed by atoms with E-state index < -0.39 is 23.5 Å². The van der Waals surface area contributed by atoms with Crippen molar-refractivity contribution in [2.45, 2.75) is 83.1 Å². The Bertz CT molecular complexity index is 1270. The Labute approximate surface area is 233 Å². The second kappa shape index (κ2) is 11.1. The summed E-state index contributed by atoms with van der Waals surface area (Å²) in [5, 5.41) is 0. The third kappa shape index (κ3) is 6.09. The normalized spacial score (nSPS) is 20.0. The number of hydrogen-bond acceptors (Lipinski definition) is 7. The van der Waals surface area contributed by atoms with E-state index in [1.54, 1.807) is 11.0 Å². The number of hydrogen-bond donors (Lipinski definition) is 1. The van der Waals surface area contributed by atoms with Crippen molar-refractivity contribution in [2.24, 2.45) is 5.73 Å². The van der Waals surface area contributed by atoms with E-state index in [-0.39, 0.29) is 35.5 Å². The van der Waals surface area contributed by atoms with Gasteiger partial charge in [-0.15, -0.1) is 0 Å². The lowest BCUT2D eigenvalue weighted by Gasteiger charge is -2.39. The average molecular weight is 553 g/mol. The van der Waals surface area contributed by atoms with Crippen LogP contribution in [0.1, 0.15) is 80.0 Å². The summed E-state index contributed by atoms with van der Waals surface area (Å²) in [7, 11) is 0. The zero-order valence-electron chi connectivity index (χ0n) is 23.3. The van der Waals surface area contributed by atoms with Gasteiger partial charge in [0.25, 0.3) is 11.8 Å². The van der Waals surface area contributed by atoms with E-state index in [2.05, 4.69) is 9.97 Å². The molecule has 3 fully saturated rings. The number of amides is 3. The van der Waals surface area contributed by atoms with Crippen LogP contribution < -0.4 is 5.73 Å². The molecule has 3 heterocycles. The molecule has 0 bridgehead atoms. The van der Waals surface area contributed by atoms with E-state index in [0.29, 0.717) is 50.0 Å². The van der Waals surface area contributed by atoms with E-state index in [4.69, 9.17) is 10.5 Å². The summed E-state index contributed by atoms with van der Waals surface area (Å²) in [4.78, 5) is 52.5. The Morgan fingerprint density at radius 1 is 1.00 bits per heavy atom. The first-order valence-electron chi connectivity index (χ1n) is 14.0. The van der Waals surface area contributed by atoms with E-state index >= 15 is 0 Å². The summed E-state index contributed by atoms with van der Waals surface area (Å²) in [6, 6.07) is 4.46. The zero-order chi connectivity index (χ0) is 28.6. The van der Waals surface area contributed by atoms with Gasteiger partial charge in [-0.1, -0.05) is 6.07 Å². The SMILES string of the molecule is CC(C)(C)OC(=O)N1CCC(N(C(=O)c2cnc(-c3ccc(C(=O)N4CCC[C@H]4N)c(F)c3)nc2)C2CC2)CC1. The molecule has 1 atom stereocenters. The van der Waals surface area contributed by atoms with Gasteiger partial charge in [0.2, 0.25) is 0 Å². The minimum absolute atomic E-state index is 0.0151. The molecule has 1 saturated carbocycles. The summed E-state index contributed by atoms with van der Waals surface area (Å²) in [5.74, 6) is -0.967. The molecule has 0 spiro atoms. The molecule has 2 N–H and O–H groups in total. The van der Waals surface area contributed by atoms with E-state index in [0.717, 1.165) is 19.3 Å². The Kier molecular flexibility index (Phi) is 7.76. The molecule has 3 amide bonds. The van der Waals surface area contributed by atoms with Gasteiger partial charge in [-0.3, -0.25) is 9.59 Å². The van der Waals surface area contributed by atoms with Crippen LogP contribution in [0.4, 0.5) is 9.18 Å². The molecule has 214 valence electrons. The summed E-state index contributed by atoms with van der Waals surface area (Å²) >= 11 is 0. The minimum atomic E-state index is -0.664. The van der Waals surface area contributed by atoms with Gasteiger partial charge < -0.3 is 25.2 Å². The Morgan fingerprint density at radius 3 is 2.20 bits per heavy atom. The highest BCUT2D eigenvalue weighted by Crippen LogP contribution is 2.33. The van der Waals surface area contributed by atoms with Gasteiger partial charge in [-0.05, 0) is 71.4 Å². The maximum atomic E-state index is 14.9. The number of likely N-dealkylation sites (tertiary alicyclic amines) is 2. The number of carbonyl (C=O) groups is 3. The van der Waals surface area contributed by atoms with Crippen molar-refractivity contribution in [1.82, 2.24) is 24.7 Å². The summed E-state index contributed by atoms with van der Waals surface area (Å²) in [6.45, 7) is 7.10. The van der Waals surface area contributed by atoms with Crippen LogP contribution >= 0.6 is 0 Å². The fourth-order valence-electron chi connectivity index (χ4n) is 5.40. The molecular weight excluding hydrogens is 515 g/mol. The molecule has 2 aliphatic heterocycles. The molecular formula is C29H37FN6O4. The van der Waals surface area contributed by atoms with Crippen LogP contribution in [0.15, 0.2) is 30.6 Å². The highest BCUT2D eigenvalue weighted by atomic mass is 19.1. The zero-order valence-corrected chi connectivity index (χ0v) is 23.3. The standard InChI is InChI=1S/C29H37FN6O4/c1-29(2,3)40-28(39)34-13-10-21(11-14-34)36(20-7-8-20)26(37)19-16-32-25(33-17-19)18-6-9-22(23(30)15-18)27(38)35-12-4-5-24(35)31/h6,9,15-17,20-21,24H,4-5,7-8,10-14,31H2,1-3H3/t24-/m0/s1. The molecule has 11 heteroatoms. The number of rotatable bonds is 5. The quantitative estimate of drug-likeness (QED) is 0.599. The lowest BCUT2D eigenvalue weighted by Crippen LogP contribution is -2.50. The van der Waals surface area contributed by atoms with Gasteiger partial charge >= 0.3 is 6.09 Å². The van der Waals surface area contributed by atoms with Crippen molar-refractivity contribution < 1.29 is 23.5 Å². The first-order chi connectivity index (χ1) is 19.0. The lowest BCUT2D eigenvalue weighted by atomic mass is 10.0. The van der Waals surface area contributed by atoms with E-state index in [1.165, 1.54) is 29.4 Å². The van der Waals surface area contributed by atoms with Crippen LogP contribution in [0.3, 0.4) is 0 Å². The average Bonchev–Trinajstić information content (AvgIpc) is 3.66. The molecule has 2 aromatic rings. The Hall–Kier alpha value is -3.60. The van der Waals surface area contributed by atoms with E-state index in [1.807, 2.05) is 25.7 Å². The van der Waals surface area contributed by atoms with Crippen LogP contribution in [-0.2, 0) is 4.74 Å². The minimum Gasteiger partial charge on any atom is -0.444 e. The summed E-state index contributed by atoms with van der Waals surface area (Å²) in [6.07, 6.45) is 6.96. The van der Waals surface area contributed by atoms with Crippen molar-refractivity contribution >= 4 is 17.9 Å². The summed E-state index contributed by atoms with van der Waals surface area (Å²) < 4.78 is 20.4. The molecule has 1 aromatic carbocycles. The topological polar surface area (TPSA) is 122 Å². The monoisotopic (exact) mass is 552 g/mol. The van der Waals surface area contributed by atoms with Crippen LogP contribution in [-0.4, -0.2) is 86.1 Å². The van der Waals surface area contributed by atoms with Gasteiger partial charge in [-0.2, -0.15) is 0 Å². The number of carbonyl (C=O) groups excluding carboxylic acids is 3. The van der Waals surface area contributed by atoms with Crippen LogP contribution in [0.5, 0.6) is 0 Å². The van der Waals surface area contributed by atoms with E-state index in [9.17, 15) is 18.8 Å². The number of benzene rings is 1. The lowest BCUT2D eigenvalue weighted by molar-refractivity contribution is 0.0142. The molecule has 40 heavy (non-hydrogen) atoms. The Morgan fingerprint density at radius 2 is 1.65 bits per heavy atom. The van der Waals surface area contributed by atoms with Crippen LogP contribution in [0.25, 0.3) is 11.4 Å². The molecule has 2 saturated heterocycles. The Balaban J connectivity index is 1.24. The fraction of sp³-hybridized carbons (Fsp3) is 0.552. The smallest absolute Gasteiger partial charge is 0.410 e. The second-order valence-electron chi connectivity index (χ2n) is 11.8. The van der Waals surface area contributed by atoms with Crippen LogP contribution in [0, 0.1) is 5.82 Å². The van der Waals surface area contributed by atoms with Crippen molar-refractivity contribution in [2.75, 3.05) is 19.6 Å². The van der Waals surface area contributed by atoms with Gasteiger partial charge in [0.15, 0.2) is 5.82 Å². The maximum Gasteiger partial charge on any atom is 0.410 e. The largest absolute Gasteiger partial charge is 0.444 e. The van der Waals surface area contributed by atoms with Gasteiger partial charge in [-0.25, -0.2) is 19.2 Å². The van der Waals surface area contributed by atoms with Gasteiger partial charge in [0.05, 0.1) is 17.3 Å². The number of aromatic nitrogens is 2. The third-order valence-corrected chi connectivity index (χ3v) is 7.60. The first kappa shape index (κ1) is 27.9. The molecule has 0 unspecified atom stereocenters. The number of halogens is 1. The molecule has 10 nitrogen and oxygen atoms in total. The molecule has 3 aliphatic rings. The predicted molar refractivity (Wildman–Crippen MR) is 146 cm³/mol. The number of ether oxygens (including phenoxy) is 1. The van der Waals surface area contributed by atoms with Crippen molar-refractivity contribution in [1.29, 1.82) is 0 Å². The second-order valence-corrected chi connectivity index (χ2v) is 11.8. The molecule has 0 radical (unpaired) electrons. The first-order valence-corrected chi connectivity index (χ1v) is 14.0. The third-order valence-electron chi connectivity index (χ3n) is 7.60. The van der Waals surface area contributed by atoms with Gasteiger partial charge in [0, 0.05) is 49.7 Å². The van der Waals surface area contributed by atoms with Crippen LogP contribution in [0.2, 0.25) is 0 Å². The van der Waals surface area contributed by atoms with Crippen molar-refractivity contribution in [3.05, 3.63) is 47.5 Å². The highest BCUT2D eigenvalue weighted by molar-refractivity contribution is 5.96. The molecule has 1 aliphatic carbocycles. The number of nitrogens with zero attached hydrogens (tertiary/aromatic N) is 5. The van der Waals surface area contributed by atoms with Gasteiger partial charge in [0.1, 0.15) is 11.4 Å². The molecule has 5 rings (SSSR count).